The molecule has 1 atom stereocenters. The smallest absolute Gasteiger partial charge is 0.338 e. The molecule has 4 nitrogen and oxygen atoms in total. The summed E-state index contributed by atoms with van der Waals surface area (Å²) >= 11 is 23.9. The standard InChI is InChI=1S/C25H24Cl4F6N2O2/c1-12(19(30)10-15(23(3,31)32)14-8-17(27)20(29)18(28)9-14)7-16(26)13(2)21(38)36-24(5-6-24)22(39)37(4)11-25(33,34)35/h7-10,15H,5-6,11H2,1-4H3,(H,36,38)/b12-7+,16-13-,19-10-. The number of nitrogens with zero attached hydrogens (tertiary/aromatic N) is 1. The van der Waals surface area contributed by atoms with Crippen LogP contribution in [0.15, 0.2) is 46.3 Å². The number of benzene rings is 1. The highest BCUT2D eigenvalue weighted by Crippen LogP contribution is 2.41. The molecule has 0 radical (unpaired) electrons. The van der Waals surface area contributed by atoms with E-state index in [2.05, 4.69) is 5.32 Å². The summed E-state index contributed by atoms with van der Waals surface area (Å²) in [5.74, 6) is -8.10. The molecule has 1 unspecified atom stereocenters. The second-order valence-electron chi connectivity index (χ2n) is 9.36. The van der Waals surface area contributed by atoms with Gasteiger partial charge in [-0.1, -0.05) is 46.4 Å². The number of amides is 2. The Bertz CT molecular complexity index is 1210. The Hall–Kier alpha value is -1.88. The Balaban J connectivity index is 2.28. The molecule has 14 heteroatoms. The lowest BCUT2D eigenvalue weighted by atomic mass is 9.92. The van der Waals surface area contributed by atoms with Gasteiger partial charge >= 0.3 is 6.18 Å². The van der Waals surface area contributed by atoms with Gasteiger partial charge in [0.05, 0.1) is 21.0 Å². The average Bonchev–Trinajstić information content (AvgIpc) is 3.57. The van der Waals surface area contributed by atoms with E-state index in [0.29, 0.717) is 17.9 Å². The van der Waals surface area contributed by atoms with Gasteiger partial charge in [0.15, 0.2) is 0 Å². The molecular formula is C25H24Cl4F6N2O2. The highest BCUT2D eigenvalue weighted by molar-refractivity contribution is 6.48. The summed E-state index contributed by atoms with van der Waals surface area (Å²) in [6.07, 6.45) is -2.69. The van der Waals surface area contributed by atoms with Gasteiger partial charge in [0.25, 0.3) is 5.92 Å². The molecule has 0 heterocycles. The Labute approximate surface area is 241 Å². The minimum atomic E-state index is -4.61. The van der Waals surface area contributed by atoms with Crippen LogP contribution in [0.4, 0.5) is 26.3 Å². The molecule has 1 fully saturated rings. The number of carbonyl (C=O) groups excluding carboxylic acids is 2. The Kier molecular flexibility index (Phi) is 10.5. The minimum absolute atomic E-state index is 0.0480. The molecule has 1 saturated carbocycles. The largest absolute Gasteiger partial charge is 0.406 e. The van der Waals surface area contributed by atoms with Crippen molar-refractivity contribution >= 4 is 58.2 Å². The molecule has 1 N–H and O–H groups in total. The summed E-state index contributed by atoms with van der Waals surface area (Å²) in [5, 5.41) is 1.87. The maximum absolute atomic E-state index is 15.0. The molecule has 1 aromatic rings. The normalized spacial score (nSPS) is 17.4. The quantitative estimate of drug-likeness (QED) is 0.128. The van der Waals surface area contributed by atoms with Crippen LogP contribution < -0.4 is 5.32 Å². The van der Waals surface area contributed by atoms with Crippen molar-refractivity contribution in [2.75, 3.05) is 13.6 Å². The van der Waals surface area contributed by atoms with Gasteiger partial charge in [-0.15, -0.1) is 0 Å². The highest BCUT2D eigenvalue weighted by atomic mass is 35.5. The van der Waals surface area contributed by atoms with E-state index in [0.717, 1.165) is 25.3 Å². The third-order valence-electron chi connectivity index (χ3n) is 5.92. The first-order valence-corrected chi connectivity index (χ1v) is 12.8. The zero-order valence-electron chi connectivity index (χ0n) is 21.1. The second-order valence-corrected chi connectivity index (χ2v) is 11.0. The van der Waals surface area contributed by atoms with Crippen LogP contribution in [-0.4, -0.2) is 47.9 Å². The predicted molar refractivity (Wildman–Crippen MR) is 140 cm³/mol. The summed E-state index contributed by atoms with van der Waals surface area (Å²) in [5.41, 5.74) is -1.98. The molecule has 39 heavy (non-hydrogen) atoms. The fraction of sp³-hybridized carbons (Fsp3) is 0.440. The third kappa shape index (κ3) is 8.80. The maximum atomic E-state index is 15.0. The fourth-order valence-corrected chi connectivity index (χ4v) is 4.44. The topological polar surface area (TPSA) is 49.4 Å². The van der Waals surface area contributed by atoms with Crippen molar-refractivity contribution in [1.82, 2.24) is 10.2 Å². The van der Waals surface area contributed by atoms with Crippen LogP contribution in [0.25, 0.3) is 0 Å². The number of carbonyl (C=O) groups is 2. The lowest BCUT2D eigenvalue weighted by Gasteiger charge is -2.25. The van der Waals surface area contributed by atoms with Crippen molar-refractivity contribution in [1.29, 1.82) is 0 Å². The van der Waals surface area contributed by atoms with Gasteiger partial charge in [0, 0.05) is 24.6 Å². The van der Waals surface area contributed by atoms with E-state index in [1.807, 2.05) is 0 Å². The SMILES string of the molecule is C\C(C(=O)NC1(C(=O)N(C)CC(F)(F)F)CC1)=C(Cl)/C=C(C)/C(F)=C/C(c1cc(Cl)c(Cl)c(Cl)c1)C(C)(F)F. The van der Waals surface area contributed by atoms with E-state index in [1.54, 1.807) is 0 Å². The first-order chi connectivity index (χ1) is 17.7. The molecule has 1 aliphatic carbocycles. The van der Waals surface area contributed by atoms with E-state index in [1.165, 1.54) is 13.8 Å². The fourth-order valence-electron chi connectivity index (χ4n) is 3.58. The monoisotopic (exact) mass is 638 g/mol. The lowest BCUT2D eigenvalue weighted by Crippen LogP contribution is -2.51. The summed E-state index contributed by atoms with van der Waals surface area (Å²) in [6.45, 7) is 1.58. The molecule has 0 saturated heterocycles. The molecule has 0 aromatic heterocycles. The molecule has 2 amide bonds. The van der Waals surface area contributed by atoms with E-state index in [-0.39, 0.29) is 49.7 Å². The van der Waals surface area contributed by atoms with Gasteiger partial charge in [-0.25, -0.2) is 13.2 Å². The van der Waals surface area contributed by atoms with Crippen LogP contribution in [0.5, 0.6) is 0 Å². The van der Waals surface area contributed by atoms with Gasteiger partial charge < -0.3 is 10.2 Å². The van der Waals surface area contributed by atoms with Crippen molar-refractivity contribution in [3.63, 3.8) is 0 Å². The number of hydrogen-bond acceptors (Lipinski definition) is 2. The van der Waals surface area contributed by atoms with Crippen molar-refractivity contribution < 1.29 is 35.9 Å². The van der Waals surface area contributed by atoms with Crippen LogP contribution in [-0.2, 0) is 9.59 Å². The minimum Gasteiger partial charge on any atom is -0.338 e. The number of alkyl halides is 5. The first kappa shape index (κ1) is 33.3. The highest BCUT2D eigenvalue weighted by Gasteiger charge is 2.53. The molecule has 0 spiro atoms. The summed E-state index contributed by atoms with van der Waals surface area (Å²) in [7, 11) is 0.970. The number of rotatable bonds is 9. The van der Waals surface area contributed by atoms with Crippen LogP contribution in [0.2, 0.25) is 15.1 Å². The zero-order chi connectivity index (χ0) is 30.1. The van der Waals surface area contributed by atoms with Gasteiger partial charge in [0.2, 0.25) is 11.8 Å². The van der Waals surface area contributed by atoms with Crippen LogP contribution in [0.3, 0.4) is 0 Å². The lowest BCUT2D eigenvalue weighted by molar-refractivity contribution is -0.160. The van der Waals surface area contributed by atoms with E-state index in [9.17, 15) is 31.5 Å². The number of nitrogens with one attached hydrogen (secondary N) is 1. The number of allylic oxidation sites excluding steroid dienone is 5. The Morgan fingerprint density at radius 1 is 1.10 bits per heavy atom. The van der Waals surface area contributed by atoms with Crippen LogP contribution >= 0.6 is 46.4 Å². The molecule has 1 aromatic carbocycles. The van der Waals surface area contributed by atoms with Gasteiger partial charge in [0.1, 0.15) is 17.9 Å². The molecule has 216 valence electrons. The summed E-state index contributed by atoms with van der Waals surface area (Å²) in [6, 6.07) is 2.28. The Morgan fingerprint density at radius 2 is 1.62 bits per heavy atom. The van der Waals surface area contributed by atoms with Crippen molar-refractivity contribution in [2.45, 2.75) is 57.2 Å². The van der Waals surface area contributed by atoms with E-state index < -0.39 is 47.7 Å². The van der Waals surface area contributed by atoms with Gasteiger partial charge in [-0.3, -0.25) is 9.59 Å². The first-order valence-electron chi connectivity index (χ1n) is 11.3. The zero-order valence-corrected chi connectivity index (χ0v) is 24.1. The van der Waals surface area contributed by atoms with Crippen LogP contribution in [0, 0.1) is 0 Å². The predicted octanol–water partition coefficient (Wildman–Crippen LogP) is 8.37. The number of likely N-dealkylation sites (N-methyl/N-ethyl adjacent to an activating group) is 1. The van der Waals surface area contributed by atoms with E-state index >= 15 is 4.39 Å². The number of halogens is 10. The maximum Gasteiger partial charge on any atom is 0.406 e. The molecule has 0 aliphatic heterocycles. The second kappa shape index (κ2) is 12.3. The summed E-state index contributed by atoms with van der Waals surface area (Å²) < 4.78 is 81.8. The van der Waals surface area contributed by atoms with Crippen molar-refractivity contribution in [3.8, 4) is 0 Å². The van der Waals surface area contributed by atoms with Gasteiger partial charge in [-0.2, -0.15) is 13.2 Å². The Morgan fingerprint density at radius 3 is 2.05 bits per heavy atom. The van der Waals surface area contributed by atoms with E-state index in [4.69, 9.17) is 46.4 Å². The molecule has 0 bridgehead atoms. The molecular weight excluding hydrogens is 616 g/mol. The average molecular weight is 640 g/mol. The summed E-state index contributed by atoms with van der Waals surface area (Å²) in [4.78, 5) is 25.6. The van der Waals surface area contributed by atoms with Gasteiger partial charge in [-0.05, 0) is 62.1 Å². The molecule has 2 rings (SSSR count). The number of hydrogen-bond donors (Lipinski definition) is 1. The third-order valence-corrected chi connectivity index (χ3v) is 7.51. The van der Waals surface area contributed by atoms with Crippen molar-refractivity contribution in [2.24, 2.45) is 0 Å². The van der Waals surface area contributed by atoms with Crippen LogP contribution in [0.1, 0.15) is 45.1 Å². The molecule has 1 aliphatic rings. The van der Waals surface area contributed by atoms with Crippen molar-refractivity contribution in [3.05, 3.63) is 66.9 Å².